The second-order valence-electron chi connectivity index (χ2n) is 6.40. The number of alkyl halides is 21. The van der Waals surface area contributed by atoms with E-state index in [2.05, 4.69) is 6.92 Å². The van der Waals surface area contributed by atoms with Crippen molar-refractivity contribution in [2.75, 3.05) is 0 Å². The normalized spacial score (nSPS) is 16.8. The molecule has 0 aliphatic heterocycles. The van der Waals surface area contributed by atoms with Crippen LogP contribution in [0, 0.1) is 6.92 Å². The lowest BCUT2D eigenvalue weighted by Crippen LogP contribution is -2.76. The van der Waals surface area contributed by atoms with E-state index >= 15 is 0 Å². The van der Waals surface area contributed by atoms with Crippen LogP contribution in [0.2, 0.25) is 0 Å². The molecule has 0 saturated carbocycles. The summed E-state index contributed by atoms with van der Waals surface area (Å²) < 4.78 is 273. The standard InChI is InChI=1S/C13H6F21/c1-2-3-4(14,15)5(16,17)6(18,19)7(20,21)8(22,23)9(24,25)10(26,27)11(28,29)12(30,31)13(32,33)34/h1-3H2. The van der Waals surface area contributed by atoms with Crippen LogP contribution in [0.5, 0.6) is 0 Å². The van der Waals surface area contributed by atoms with Crippen molar-refractivity contribution >= 4 is 0 Å². The average molecular weight is 561 g/mol. The summed E-state index contributed by atoms with van der Waals surface area (Å²) in [5, 5.41) is 0. The lowest BCUT2D eigenvalue weighted by atomic mass is 9.85. The van der Waals surface area contributed by atoms with E-state index in [1.54, 1.807) is 0 Å². The third-order valence-corrected chi connectivity index (χ3v) is 4.07. The van der Waals surface area contributed by atoms with Gasteiger partial charge in [-0.25, -0.2) is 0 Å². The first-order chi connectivity index (χ1) is 14.3. The molecule has 0 fully saturated rings. The molecule has 0 amide bonds. The Labute approximate surface area is 173 Å². The van der Waals surface area contributed by atoms with Crippen molar-refractivity contribution in [1.82, 2.24) is 0 Å². The van der Waals surface area contributed by atoms with E-state index in [4.69, 9.17) is 0 Å². The highest BCUT2D eigenvalue weighted by Gasteiger charge is 2.97. The summed E-state index contributed by atoms with van der Waals surface area (Å²) in [7, 11) is 0. The van der Waals surface area contributed by atoms with Gasteiger partial charge in [-0.05, 0) is 6.42 Å². The number of hydrogen-bond donors (Lipinski definition) is 0. The number of hydrogen-bond acceptors (Lipinski definition) is 0. The Morgan fingerprint density at radius 2 is 0.529 bits per heavy atom. The van der Waals surface area contributed by atoms with E-state index < -0.39 is 72.3 Å². The van der Waals surface area contributed by atoms with Gasteiger partial charge in [-0.1, -0.05) is 6.92 Å². The molecule has 0 spiro atoms. The van der Waals surface area contributed by atoms with E-state index in [0.717, 1.165) is 0 Å². The summed E-state index contributed by atoms with van der Waals surface area (Å²) >= 11 is 0. The molecule has 205 valence electrons. The molecule has 1 radical (unpaired) electrons. The molecule has 0 bridgehead atoms. The predicted octanol–water partition coefficient (Wildman–Crippen LogP) is 7.88. The molecule has 0 saturated heterocycles. The smallest absolute Gasteiger partial charge is 0.200 e. The van der Waals surface area contributed by atoms with Crippen molar-refractivity contribution in [3.8, 4) is 0 Å². The molecule has 0 unspecified atom stereocenters. The second kappa shape index (κ2) is 8.02. The molecule has 34 heavy (non-hydrogen) atoms. The van der Waals surface area contributed by atoms with Crippen molar-refractivity contribution < 1.29 is 92.2 Å². The van der Waals surface area contributed by atoms with Crippen molar-refractivity contribution in [2.24, 2.45) is 0 Å². The zero-order chi connectivity index (χ0) is 28.4. The fraction of sp³-hybridized carbons (Fsp3) is 0.923. The van der Waals surface area contributed by atoms with Gasteiger partial charge >= 0.3 is 59.5 Å². The van der Waals surface area contributed by atoms with Gasteiger partial charge in [0, 0.05) is 6.42 Å². The largest absolute Gasteiger partial charge is 0.460 e. The summed E-state index contributed by atoms with van der Waals surface area (Å²) in [5.41, 5.74) is 0. The summed E-state index contributed by atoms with van der Waals surface area (Å²) in [4.78, 5) is 0. The molecule has 0 nitrogen and oxygen atoms in total. The maximum atomic E-state index is 13.4. The topological polar surface area (TPSA) is 0 Å². The van der Waals surface area contributed by atoms with Crippen LogP contribution in [-0.2, 0) is 0 Å². The Hall–Kier alpha value is -1.47. The van der Waals surface area contributed by atoms with Gasteiger partial charge in [0.25, 0.3) is 0 Å². The monoisotopic (exact) mass is 561 g/mol. The Balaban J connectivity index is 7.01. The summed E-state index contributed by atoms with van der Waals surface area (Å²) in [6.45, 7) is 2.36. The highest BCUT2D eigenvalue weighted by molar-refractivity contribution is 5.17. The SMILES string of the molecule is [CH2]CCC(F)(F)C(F)(F)C(F)(F)C(F)(F)C(F)(F)C(F)(F)C(F)(F)C(F)(F)C(F)(F)C(F)(F)F. The van der Waals surface area contributed by atoms with Gasteiger partial charge in [-0.2, -0.15) is 92.2 Å². The quantitative estimate of drug-likeness (QED) is 0.238. The minimum atomic E-state index is -9.14. The molecule has 21 heteroatoms. The van der Waals surface area contributed by atoms with Gasteiger partial charge in [-0.15, -0.1) is 0 Å². The predicted molar refractivity (Wildman–Crippen MR) is 65.2 cm³/mol. The molecule has 0 aromatic rings. The maximum absolute atomic E-state index is 13.4. The van der Waals surface area contributed by atoms with E-state index in [0.29, 0.717) is 0 Å². The van der Waals surface area contributed by atoms with Crippen LogP contribution in [0.25, 0.3) is 0 Å². The van der Waals surface area contributed by atoms with Gasteiger partial charge in [0.2, 0.25) is 0 Å². The highest BCUT2D eigenvalue weighted by atomic mass is 19.4. The zero-order valence-corrected chi connectivity index (χ0v) is 15.1. The fourth-order valence-electron chi connectivity index (χ4n) is 1.97. The van der Waals surface area contributed by atoms with Crippen LogP contribution in [0.3, 0.4) is 0 Å². The molecule has 0 aliphatic carbocycles. The van der Waals surface area contributed by atoms with Crippen molar-refractivity contribution in [3.05, 3.63) is 6.92 Å². The highest BCUT2D eigenvalue weighted by Crippen LogP contribution is 2.66. The number of rotatable bonds is 10. The average Bonchev–Trinajstić information content (AvgIpc) is 2.59. The Bertz CT molecular complexity index is 725. The van der Waals surface area contributed by atoms with Crippen LogP contribution in [0.15, 0.2) is 0 Å². The molecule has 0 aromatic heterocycles. The summed E-state index contributed by atoms with van der Waals surface area (Å²) in [5.74, 6) is -76.4. The Kier molecular flexibility index (Phi) is 7.67. The first-order valence-electron chi connectivity index (χ1n) is 7.57. The molecular formula is C13H6F21. The minimum absolute atomic E-state index is 1.56. The third-order valence-electron chi connectivity index (χ3n) is 4.07. The van der Waals surface area contributed by atoms with Crippen LogP contribution in [0.1, 0.15) is 12.8 Å². The van der Waals surface area contributed by atoms with Gasteiger partial charge < -0.3 is 0 Å². The van der Waals surface area contributed by atoms with E-state index in [-0.39, 0.29) is 0 Å². The van der Waals surface area contributed by atoms with Crippen molar-refractivity contribution in [2.45, 2.75) is 72.3 Å². The van der Waals surface area contributed by atoms with E-state index in [9.17, 15) is 92.2 Å². The zero-order valence-electron chi connectivity index (χ0n) is 15.1. The van der Waals surface area contributed by atoms with Crippen LogP contribution >= 0.6 is 0 Å². The van der Waals surface area contributed by atoms with Crippen LogP contribution in [0.4, 0.5) is 92.2 Å². The van der Waals surface area contributed by atoms with Crippen molar-refractivity contribution in [1.29, 1.82) is 0 Å². The summed E-state index contributed by atoms with van der Waals surface area (Å²) in [6.07, 6.45) is -12.2. The summed E-state index contributed by atoms with van der Waals surface area (Å²) in [6, 6.07) is 0. The van der Waals surface area contributed by atoms with Gasteiger partial charge in [-0.3, -0.25) is 0 Å². The first-order valence-corrected chi connectivity index (χ1v) is 7.57. The van der Waals surface area contributed by atoms with Gasteiger partial charge in [0.05, 0.1) is 0 Å². The van der Waals surface area contributed by atoms with Gasteiger partial charge in [0.1, 0.15) is 0 Å². The minimum Gasteiger partial charge on any atom is -0.200 e. The fourth-order valence-corrected chi connectivity index (χ4v) is 1.97. The molecule has 0 N–H and O–H groups in total. The Morgan fingerprint density at radius 3 is 0.735 bits per heavy atom. The van der Waals surface area contributed by atoms with E-state index in [1.807, 2.05) is 0 Å². The maximum Gasteiger partial charge on any atom is 0.460 e. The van der Waals surface area contributed by atoms with E-state index in [1.165, 1.54) is 0 Å². The van der Waals surface area contributed by atoms with Crippen molar-refractivity contribution in [3.63, 3.8) is 0 Å². The molecular weight excluding hydrogens is 555 g/mol. The molecule has 0 atom stereocenters. The van der Waals surface area contributed by atoms with Crippen LogP contribution in [-0.4, -0.2) is 59.5 Å². The van der Waals surface area contributed by atoms with Crippen LogP contribution < -0.4 is 0 Å². The molecule has 0 rings (SSSR count). The molecule has 0 heterocycles. The number of halogens is 21. The Morgan fingerprint density at radius 1 is 0.324 bits per heavy atom. The lowest BCUT2D eigenvalue weighted by molar-refractivity contribution is -0.474. The first kappa shape index (κ1) is 32.5. The lowest BCUT2D eigenvalue weighted by Gasteiger charge is -2.44. The second-order valence-corrected chi connectivity index (χ2v) is 6.40. The molecule has 0 aromatic carbocycles. The molecule has 0 aliphatic rings. The van der Waals surface area contributed by atoms with Gasteiger partial charge in [0.15, 0.2) is 0 Å². The third kappa shape index (κ3) is 3.82.